The third kappa shape index (κ3) is 2.74. The number of methoxy groups -OCH3 is 1. The first-order chi connectivity index (χ1) is 12.6. The van der Waals surface area contributed by atoms with Gasteiger partial charge in [-0.1, -0.05) is 18.2 Å². The summed E-state index contributed by atoms with van der Waals surface area (Å²) in [7, 11) is 1.55. The molecule has 0 bridgehead atoms. The smallest absolute Gasteiger partial charge is 0.178 e. The van der Waals surface area contributed by atoms with Gasteiger partial charge in [-0.25, -0.2) is 0 Å². The van der Waals surface area contributed by atoms with Crippen LogP contribution in [0.1, 0.15) is 34.5 Å². The van der Waals surface area contributed by atoms with E-state index in [0.717, 1.165) is 40.6 Å². The summed E-state index contributed by atoms with van der Waals surface area (Å²) >= 11 is 0. The lowest BCUT2D eigenvalue weighted by Crippen LogP contribution is -2.37. The number of nitrogens with one attached hydrogen (secondary N) is 1. The number of aromatic amines is 1. The van der Waals surface area contributed by atoms with E-state index in [9.17, 15) is 9.90 Å². The van der Waals surface area contributed by atoms with Gasteiger partial charge in [0.05, 0.1) is 13.7 Å². The van der Waals surface area contributed by atoms with Crippen molar-refractivity contribution >= 4 is 16.7 Å². The molecule has 1 aliphatic heterocycles. The predicted molar refractivity (Wildman–Crippen MR) is 101 cm³/mol. The van der Waals surface area contributed by atoms with Gasteiger partial charge in [-0.3, -0.25) is 9.69 Å². The van der Waals surface area contributed by atoms with Crippen molar-refractivity contribution in [3.05, 3.63) is 59.3 Å². The predicted octanol–water partition coefficient (Wildman–Crippen LogP) is 3.68. The first-order valence-corrected chi connectivity index (χ1v) is 8.81. The molecule has 1 aromatic heterocycles. The number of nitrogens with zero attached hydrogens (tertiary/aromatic N) is 1. The van der Waals surface area contributed by atoms with Gasteiger partial charge in [0, 0.05) is 35.2 Å². The maximum atomic E-state index is 12.9. The van der Waals surface area contributed by atoms with Gasteiger partial charge in [0.25, 0.3) is 0 Å². The normalized spacial score (nSPS) is 17.2. The zero-order valence-electron chi connectivity index (χ0n) is 15.0. The molecule has 0 radical (unpaired) electrons. The highest BCUT2D eigenvalue weighted by molar-refractivity contribution is 6.08. The number of phenols is 1. The number of ketones is 1. The topological polar surface area (TPSA) is 65.6 Å². The van der Waals surface area contributed by atoms with Crippen LogP contribution in [0, 0.1) is 0 Å². The molecule has 2 heterocycles. The zero-order valence-corrected chi connectivity index (χ0v) is 15.0. The lowest BCUT2D eigenvalue weighted by Gasteiger charge is -2.35. The minimum atomic E-state index is 0.0856. The van der Waals surface area contributed by atoms with Crippen molar-refractivity contribution in [2.24, 2.45) is 0 Å². The van der Waals surface area contributed by atoms with Gasteiger partial charge in [0.15, 0.2) is 17.3 Å². The highest BCUT2D eigenvalue weighted by Gasteiger charge is 2.27. The Bertz CT molecular complexity index is 977. The summed E-state index contributed by atoms with van der Waals surface area (Å²) in [5, 5.41) is 11.0. The van der Waals surface area contributed by atoms with Gasteiger partial charge in [-0.05, 0) is 42.7 Å². The van der Waals surface area contributed by atoms with Gasteiger partial charge in [0.2, 0.25) is 0 Å². The third-order valence-corrected chi connectivity index (χ3v) is 5.34. The molecule has 0 aliphatic carbocycles. The van der Waals surface area contributed by atoms with Crippen molar-refractivity contribution in [3.63, 3.8) is 0 Å². The number of fused-ring (bicyclic) bond motifs is 2. The van der Waals surface area contributed by atoms with Gasteiger partial charge in [-0.15, -0.1) is 0 Å². The van der Waals surface area contributed by atoms with Crippen LogP contribution in [0.2, 0.25) is 0 Å². The molecule has 0 amide bonds. The molecular weight excluding hydrogens is 328 g/mol. The van der Waals surface area contributed by atoms with Crippen molar-refractivity contribution in [2.45, 2.75) is 19.4 Å². The van der Waals surface area contributed by atoms with Crippen molar-refractivity contribution in [3.8, 4) is 11.5 Å². The molecule has 5 heteroatoms. The van der Waals surface area contributed by atoms with Gasteiger partial charge in [0.1, 0.15) is 0 Å². The molecule has 1 aliphatic rings. The lowest BCUT2D eigenvalue weighted by atomic mass is 9.92. The maximum absolute atomic E-state index is 12.9. The Morgan fingerprint density at radius 3 is 2.96 bits per heavy atom. The Morgan fingerprint density at radius 1 is 1.35 bits per heavy atom. The van der Waals surface area contributed by atoms with E-state index in [1.54, 1.807) is 19.4 Å². The monoisotopic (exact) mass is 350 g/mol. The minimum Gasteiger partial charge on any atom is -0.504 e. The van der Waals surface area contributed by atoms with E-state index in [-0.39, 0.29) is 17.6 Å². The molecule has 0 spiro atoms. The largest absolute Gasteiger partial charge is 0.504 e. The second-order valence-electron chi connectivity index (χ2n) is 6.79. The third-order valence-electron chi connectivity index (χ3n) is 5.34. The van der Waals surface area contributed by atoms with Crippen LogP contribution < -0.4 is 4.74 Å². The van der Waals surface area contributed by atoms with Crippen molar-refractivity contribution < 1.29 is 14.6 Å². The molecular formula is C21H22N2O3. The number of H-pyrrole nitrogens is 1. The van der Waals surface area contributed by atoms with Crippen LogP contribution in [0.15, 0.2) is 42.6 Å². The molecule has 0 fully saturated rings. The number of ether oxygens (including phenoxy) is 1. The molecule has 26 heavy (non-hydrogen) atoms. The van der Waals surface area contributed by atoms with Crippen LogP contribution in [0.25, 0.3) is 10.9 Å². The van der Waals surface area contributed by atoms with Gasteiger partial charge < -0.3 is 14.8 Å². The molecule has 3 aromatic rings. The fourth-order valence-corrected chi connectivity index (χ4v) is 3.84. The average molecular weight is 350 g/mol. The summed E-state index contributed by atoms with van der Waals surface area (Å²) in [6.07, 6.45) is 2.61. The first kappa shape index (κ1) is 16.7. The fourth-order valence-electron chi connectivity index (χ4n) is 3.84. The van der Waals surface area contributed by atoms with Crippen LogP contribution in [-0.2, 0) is 6.42 Å². The molecule has 1 unspecified atom stereocenters. The lowest BCUT2D eigenvalue weighted by molar-refractivity contribution is 0.0892. The number of Topliss-reactive ketones (excluding diaryl/α,β-unsaturated/α-hetero) is 1. The maximum Gasteiger partial charge on any atom is 0.178 e. The Balaban J connectivity index is 1.59. The number of aromatic nitrogens is 1. The van der Waals surface area contributed by atoms with E-state index in [1.807, 2.05) is 30.3 Å². The molecule has 1 atom stereocenters. The minimum absolute atomic E-state index is 0.0856. The van der Waals surface area contributed by atoms with Gasteiger partial charge >= 0.3 is 0 Å². The Morgan fingerprint density at radius 2 is 2.15 bits per heavy atom. The summed E-state index contributed by atoms with van der Waals surface area (Å²) in [5.41, 5.74) is 3.94. The van der Waals surface area contributed by atoms with Crippen molar-refractivity contribution in [2.75, 3.05) is 20.2 Å². The number of benzene rings is 2. The number of hydrogen-bond acceptors (Lipinski definition) is 4. The highest BCUT2D eigenvalue weighted by Crippen LogP contribution is 2.37. The average Bonchev–Trinajstić information content (AvgIpc) is 3.08. The standard InChI is InChI=1S/C21H22N2O3/c1-13-16-10-21(26-2)19(24)9-14(16)7-8-23(13)12-20(25)17-11-22-18-6-4-3-5-15(17)18/h3-6,9-11,13,22,24H,7-8,12H2,1-2H3. The van der Waals surface area contributed by atoms with E-state index in [4.69, 9.17) is 4.74 Å². The van der Waals surface area contributed by atoms with E-state index >= 15 is 0 Å². The summed E-state index contributed by atoms with van der Waals surface area (Å²) in [4.78, 5) is 18.3. The summed E-state index contributed by atoms with van der Waals surface area (Å²) in [5.74, 6) is 0.755. The molecule has 0 saturated carbocycles. The van der Waals surface area contributed by atoms with Crippen LogP contribution >= 0.6 is 0 Å². The van der Waals surface area contributed by atoms with Crippen LogP contribution in [0.4, 0.5) is 0 Å². The molecule has 2 aromatic carbocycles. The van der Waals surface area contributed by atoms with E-state index in [0.29, 0.717) is 12.3 Å². The molecule has 134 valence electrons. The molecule has 2 N–H and O–H groups in total. The Labute approximate surface area is 152 Å². The van der Waals surface area contributed by atoms with Crippen LogP contribution in [0.5, 0.6) is 11.5 Å². The van der Waals surface area contributed by atoms with Crippen LogP contribution in [0.3, 0.4) is 0 Å². The van der Waals surface area contributed by atoms with Gasteiger partial charge in [-0.2, -0.15) is 0 Å². The first-order valence-electron chi connectivity index (χ1n) is 8.81. The zero-order chi connectivity index (χ0) is 18.3. The summed E-state index contributed by atoms with van der Waals surface area (Å²) < 4.78 is 5.24. The quantitative estimate of drug-likeness (QED) is 0.705. The molecule has 5 nitrogen and oxygen atoms in total. The fraction of sp³-hybridized carbons (Fsp3) is 0.286. The SMILES string of the molecule is COc1cc2c(cc1O)CCN(CC(=O)c1c[nH]c3ccccc13)C2C. The van der Waals surface area contributed by atoms with E-state index in [1.165, 1.54) is 0 Å². The van der Waals surface area contributed by atoms with Crippen LogP contribution in [-0.4, -0.2) is 41.0 Å². The number of carbonyl (C=O) groups is 1. The number of phenolic OH excluding ortho intramolecular Hbond substituents is 1. The number of carbonyl (C=O) groups excluding carboxylic acids is 1. The number of para-hydroxylation sites is 1. The van der Waals surface area contributed by atoms with E-state index < -0.39 is 0 Å². The Kier molecular flexibility index (Phi) is 4.17. The number of rotatable bonds is 4. The molecule has 4 rings (SSSR count). The van der Waals surface area contributed by atoms with E-state index in [2.05, 4.69) is 16.8 Å². The molecule has 0 saturated heterocycles. The summed E-state index contributed by atoms with van der Waals surface area (Å²) in [6.45, 7) is 3.25. The highest BCUT2D eigenvalue weighted by atomic mass is 16.5. The Hall–Kier alpha value is -2.79. The summed E-state index contributed by atoms with van der Waals surface area (Å²) in [6, 6.07) is 11.6. The second-order valence-corrected chi connectivity index (χ2v) is 6.79. The number of hydrogen-bond donors (Lipinski definition) is 2. The second kappa shape index (κ2) is 6.50. The van der Waals surface area contributed by atoms with Crippen molar-refractivity contribution in [1.82, 2.24) is 9.88 Å². The van der Waals surface area contributed by atoms with Crippen molar-refractivity contribution in [1.29, 1.82) is 0 Å². The number of aromatic hydroxyl groups is 1.